The molecule has 2 heteroatoms. The lowest BCUT2D eigenvalue weighted by Crippen LogP contribution is -2.26. The molecule has 0 unspecified atom stereocenters. The summed E-state index contributed by atoms with van der Waals surface area (Å²) in [6.45, 7) is 7.13. The number of ether oxygens (including phenoxy) is 2. The van der Waals surface area contributed by atoms with Crippen LogP contribution in [0, 0.1) is 6.92 Å². The fourth-order valence-corrected chi connectivity index (χ4v) is 1.85. The standard InChI is InChI=1S/C13H16O2/c1-3-8-13(14-9-10-15-13)12-6-4-11(2)5-7-12/h3-7H,1,8-10H2,2H3. The van der Waals surface area contributed by atoms with E-state index in [0.717, 1.165) is 5.56 Å². The molecule has 0 aliphatic carbocycles. The first-order chi connectivity index (χ1) is 7.27. The molecule has 0 atom stereocenters. The van der Waals surface area contributed by atoms with Crippen molar-refractivity contribution in [3.05, 3.63) is 48.0 Å². The molecule has 1 fully saturated rings. The quantitative estimate of drug-likeness (QED) is 0.705. The molecule has 0 radical (unpaired) electrons. The average molecular weight is 204 g/mol. The van der Waals surface area contributed by atoms with Gasteiger partial charge in [-0.25, -0.2) is 0 Å². The summed E-state index contributed by atoms with van der Waals surface area (Å²) >= 11 is 0. The van der Waals surface area contributed by atoms with E-state index in [4.69, 9.17) is 9.47 Å². The normalized spacial score (nSPS) is 19.0. The Kier molecular flexibility index (Phi) is 2.89. The average Bonchev–Trinajstić information content (AvgIpc) is 2.69. The Labute approximate surface area is 90.5 Å². The van der Waals surface area contributed by atoms with Gasteiger partial charge in [0.05, 0.1) is 13.2 Å². The molecule has 0 bridgehead atoms. The molecule has 2 rings (SSSR count). The van der Waals surface area contributed by atoms with E-state index < -0.39 is 5.79 Å². The van der Waals surface area contributed by atoms with Crippen LogP contribution in [0.3, 0.4) is 0 Å². The van der Waals surface area contributed by atoms with Gasteiger partial charge in [-0.2, -0.15) is 0 Å². The molecule has 0 N–H and O–H groups in total. The number of benzene rings is 1. The van der Waals surface area contributed by atoms with E-state index in [1.165, 1.54) is 5.56 Å². The molecule has 2 nitrogen and oxygen atoms in total. The molecular weight excluding hydrogens is 188 g/mol. The maximum Gasteiger partial charge on any atom is 0.198 e. The van der Waals surface area contributed by atoms with Gasteiger partial charge in [0.25, 0.3) is 0 Å². The highest BCUT2D eigenvalue weighted by Gasteiger charge is 2.36. The Morgan fingerprint density at radius 3 is 2.40 bits per heavy atom. The summed E-state index contributed by atoms with van der Waals surface area (Å²) in [7, 11) is 0. The molecule has 80 valence electrons. The van der Waals surface area contributed by atoms with Gasteiger partial charge >= 0.3 is 0 Å². The van der Waals surface area contributed by atoms with E-state index in [-0.39, 0.29) is 0 Å². The summed E-state index contributed by atoms with van der Waals surface area (Å²) in [5, 5.41) is 0. The van der Waals surface area contributed by atoms with Crippen LogP contribution in [0.2, 0.25) is 0 Å². The second kappa shape index (κ2) is 4.17. The van der Waals surface area contributed by atoms with Gasteiger partial charge in [-0.3, -0.25) is 0 Å². The first-order valence-corrected chi connectivity index (χ1v) is 5.23. The molecule has 1 heterocycles. The van der Waals surface area contributed by atoms with Gasteiger partial charge in [-0.05, 0) is 6.92 Å². The van der Waals surface area contributed by atoms with Crippen molar-refractivity contribution in [3.8, 4) is 0 Å². The van der Waals surface area contributed by atoms with Crippen LogP contribution < -0.4 is 0 Å². The van der Waals surface area contributed by atoms with Crippen molar-refractivity contribution in [1.29, 1.82) is 0 Å². The minimum Gasteiger partial charge on any atom is -0.343 e. The smallest absolute Gasteiger partial charge is 0.198 e. The first-order valence-electron chi connectivity index (χ1n) is 5.23. The number of hydrogen-bond acceptors (Lipinski definition) is 2. The molecule has 1 aliphatic heterocycles. The zero-order valence-corrected chi connectivity index (χ0v) is 9.03. The Bertz CT molecular complexity index is 334. The fourth-order valence-electron chi connectivity index (χ4n) is 1.85. The second-order valence-electron chi connectivity index (χ2n) is 3.81. The highest BCUT2D eigenvalue weighted by atomic mass is 16.7. The van der Waals surface area contributed by atoms with Crippen LogP contribution in [-0.2, 0) is 15.3 Å². The molecule has 15 heavy (non-hydrogen) atoms. The molecule has 0 saturated carbocycles. The van der Waals surface area contributed by atoms with E-state index in [1.54, 1.807) is 0 Å². The minimum absolute atomic E-state index is 0.588. The van der Waals surface area contributed by atoms with Gasteiger partial charge in [0, 0.05) is 12.0 Å². The van der Waals surface area contributed by atoms with Crippen LogP contribution in [0.4, 0.5) is 0 Å². The largest absolute Gasteiger partial charge is 0.343 e. The molecule has 1 aromatic carbocycles. The molecule has 1 aromatic rings. The first kappa shape index (κ1) is 10.4. The molecule has 0 aromatic heterocycles. The third-order valence-corrected chi connectivity index (χ3v) is 2.66. The van der Waals surface area contributed by atoms with Crippen molar-refractivity contribution in [1.82, 2.24) is 0 Å². The SMILES string of the molecule is C=CCC1(c2ccc(C)cc2)OCCO1. The highest BCUT2D eigenvalue weighted by Crippen LogP contribution is 2.35. The summed E-state index contributed by atoms with van der Waals surface area (Å²) < 4.78 is 11.4. The predicted molar refractivity (Wildman–Crippen MR) is 59.6 cm³/mol. The third kappa shape index (κ3) is 1.96. The summed E-state index contributed by atoms with van der Waals surface area (Å²) in [4.78, 5) is 0. The van der Waals surface area contributed by atoms with Crippen molar-refractivity contribution < 1.29 is 9.47 Å². The molecule has 0 amide bonds. The minimum atomic E-state index is -0.588. The summed E-state index contributed by atoms with van der Waals surface area (Å²) in [6.07, 6.45) is 2.53. The lowest BCUT2D eigenvalue weighted by Gasteiger charge is -2.26. The van der Waals surface area contributed by atoms with Gasteiger partial charge in [-0.15, -0.1) is 6.58 Å². The van der Waals surface area contributed by atoms with E-state index in [9.17, 15) is 0 Å². The zero-order chi connectivity index (χ0) is 10.7. The van der Waals surface area contributed by atoms with Crippen molar-refractivity contribution >= 4 is 0 Å². The van der Waals surface area contributed by atoms with Crippen molar-refractivity contribution in [2.75, 3.05) is 13.2 Å². The van der Waals surface area contributed by atoms with Crippen molar-refractivity contribution in [2.45, 2.75) is 19.1 Å². The van der Waals surface area contributed by atoms with Gasteiger partial charge in [0.2, 0.25) is 0 Å². The van der Waals surface area contributed by atoms with Crippen LogP contribution in [0.1, 0.15) is 17.5 Å². The number of hydrogen-bond donors (Lipinski definition) is 0. The monoisotopic (exact) mass is 204 g/mol. The second-order valence-corrected chi connectivity index (χ2v) is 3.81. The number of aryl methyl sites for hydroxylation is 1. The molecule has 1 aliphatic rings. The van der Waals surface area contributed by atoms with Crippen LogP contribution in [0.25, 0.3) is 0 Å². The van der Waals surface area contributed by atoms with Crippen LogP contribution in [-0.4, -0.2) is 13.2 Å². The summed E-state index contributed by atoms with van der Waals surface area (Å²) in [5.74, 6) is -0.588. The highest BCUT2D eigenvalue weighted by molar-refractivity contribution is 5.26. The van der Waals surface area contributed by atoms with Gasteiger partial charge in [-0.1, -0.05) is 35.9 Å². The topological polar surface area (TPSA) is 18.5 Å². The van der Waals surface area contributed by atoms with Crippen LogP contribution >= 0.6 is 0 Å². The Hall–Kier alpha value is -1.12. The van der Waals surface area contributed by atoms with E-state index >= 15 is 0 Å². The third-order valence-electron chi connectivity index (χ3n) is 2.66. The summed E-state index contributed by atoms with van der Waals surface area (Å²) in [5.41, 5.74) is 2.32. The maximum atomic E-state index is 5.71. The maximum absolute atomic E-state index is 5.71. The van der Waals surface area contributed by atoms with Crippen LogP contribution in [0.5, 0.6) is 0 Å². The van der Waals surface area contributed by atoms with Crippen LogP contribution in [0.15, 0.2) is 36.9 Å². The lowest BCUT2D eigenvalue weighted by atomic mass is 10.0. The Balaban J connectivity index is 2.31. The zero-order valence-electron chi connectivity index (χ0n) is 9.03. The predicted octanol–water partition coefficient (Wildman–Crippen LogP) is 2.77. The van der Waals surface area contributed by atoms with Gasteiger partial charge in [0.15, 0.2) is 5.79 Å². The summed E-state index contributed by atoms with van der Waals surface area (Å²) in [6, 6.07) is 8.27. The van der Waals surface area contributed by atoms with E-state index in [0.29, 0.717) is 19.6 Å². The van der Waals surface area contributed by atoms with Crippen molar-refractivity contribution in [2.24, 2.45) is 0 Å². The Morgan fingerprint density at radius 1 is 1.27 bits per heavy atom. The van der Waals surface area contributed by atoms with Gasteiger partial charge in [0.1, 0.15) is 0 Å². The molecule has 1 saturated heterocycles. The number of rotatable bonds is 3. The van der Waals surface area contributed by atoms with Gasteiger partial charge < -0.3 is 9.47 Å². The van der Waals surface area contributed by atoms with E-state index in [1.807, 2.05) is 6.08 Å². The fraction of sp³-hybridized carbons (Fsp3) is 0.385. The Morgan fingerprint density at radius 2 is 1.87 bits per heavy atom. The molecule has 0 spiro atoms. The van der Waals surface area contributed by atoms with E-state index in [2.05, 4.69) is 37.8 Å². The molecular formula is C13H16O2. The lowest BCUT2D eigenvalue weighted by molar-refractivity contribution is -0.162. The van der Waals surface area contributed by atoms with Crippen molar-refractivity contribution in [3.63, 3.8) is 0 Å².